The number of rotatable bonds is 7. The molecular weight excluding hydrogens is 450 g/mol. The summed E-state index contributed by atoms with van der Waals surface area (Å²) in [6, 6.07) is 18.3. The maximum absolute atomic E-state index is 5.87. The van der Waals surface area contributed by atoms with Gasteiger partial charge in [0.2, 0.25) is 0 Å². The largest absolute Gasteiger partial charge is 0.491 e. The van der Waals surface area contributed by atoms with E-state index in [1.807, 2.05) is 50.6 Å². The fourth-order valence-electron chi connectivity index (χ4n) is 4.29. The Morgan fingerprint density at radius 3 is 2.67 bits per heavy atom. The first-order valence-corrected chi connectivity index (χ1v) is 11.8. The van der Waals surface area contributed by atoms with E-state index < -0.39 is 0 Å². The second-order valence-electron chi connectivity index (χ2n) is 8.92. The maximum atomic E-state index is 5.87. The molecule has 0 amide bonds. The highest BCUT2D eigenvalue weighted by atomic mass is 16.5. The molecule has 0 atom stereocenters. The van der Waals surface area contributed by atoms with E-state index in [0.717, 1.165) is 68.0 Å². The Hall–Kier alpha value is -4.56. The van der Waals surface area contributed by atoms with E-state index in [1.54, 1.807) is 18.6 Å². The SMILES string of the molecule is CN(C)CCOc1cncc(-c2ccc3[nH]nc(-c4cc5c(-c6cccnc6)cccc5[nH]4)c3n2)c1. The van der Waals surface area contributed by atoms with Crippen molar-refractivity contribution in [1.29, 1.82) is 0 Å². The summed E-state index contributed by atoms with van der Waals surface area (Å²) in [5.74, 6) is 0.724. The molecule has 0 saturated heterocycles. The lowest BCUT2D eigenvalue weighted by Crippen LogP contribution is -2.19. The van der Waals surface area contributed by atoms with Gasteiger partial charge in [-0.05, 0) is 56.1 Å². The van der Waals surface area contributed by atoms with Crippen molar-refractivity contribution in [3.05, 3.63) is 79.4 Å². The Balaban J connectivity index is 1.38. The van der Waals surface area contributed by atoms with Crippen LogP contribution in [0, 0.1) is 0 Å². The predicted molar refractivity (Wildman–Crippen MR) is 142 cm³/mol. The molecule has 0 bridgehead atoms. The molecule has 0 aliphatic carbocycles. The molecule has 1 aromatic carbocycles. The van der Waals surface area contributed by atoms with Crippen molar-refractivity contribution in [3.8, 4) is 39.5 Å². The second-order valence-corrected chi connectivity index (χ2v) is 8.92. The molecular formula is C28H25N7O. The molecule has 0 aliphatic rings. The number of aromatic nitrogens is 6. The molecule has 5 aromatic heterocycles. The second kappa shape index (κ2) is 9.24. The average molecular weight is 476 g/mol. The van der Waals surface area contributed by atoms with E-state index in [2.05, 4.69) is 54.3 Å². The molecule has 6 aromatic rings. The number of hydrogen-bond acceptors (Lipinski definition) is 6. The lowest BCUT2D eigenvalue weighted by atomic mass is 10.0. The molecule has 6 rings (SSSR count). The van der Waals surface area contributed by atoms with Gasteiger partial charge >= 0.3 is 0 Å². The van der Waals surface area contributed by atoms with Gasteiger partial charge in [0.1, 0.15) is 23.6 Å². The van der Waals surface area contributed by atoms with Gasteiger partial charge in [-0.15, -0.1) is 0 Å². The van der Waals surface area contributed by atoms with E-state index in [-0.39, 0.29) is 0 Å². The number of hydrogen-bond donors (Lipinski definition) is 2. The number of aromatic amines is 2. The van der Waals surface area contributed by atoms with Crippen molar-refractivity contribution in [2.75, 3.05) is 27.2 Å². The van der Waals surface area contributed by atoms with E-state index in [4.69, 9.17) is 9.72 Å². The normalized spacial score (nSPS) is 11.5. The monoisotopic (exact) mass is 475 g/mol. The number of likely N-dealkylation sites (N-methyl/N-ethyl adjacent to an activating group) is 1. The molecule has 0 aliphatic heterocycles. The van der Waals surface area contributed by atoms with Crippen LogP contribution in [0.3, 0.4) is 0 Å². The zero-order valence-electron chi connectivity index (χ0n) is 20.1. The average Bonchev–Trinajstić information content (AvgIpc) is 3.53. The van der Waals surface area contributed by atoms with Crippen LogP contribution < -0.4 is 4.74 Å². The van der Waals surface area contributed by atoms with Gasteiger partial charge in [-0.3, -0.25) is 15.1 Å². The Labute approximate surface area is 208 Å². The smallest absolute Gasteiger partial charge is 0.138 e. The van der Waals surface area contributed by atoms with E-state index >= 15 is 0 Å². The first kappa shape index (κ1) is 21.9. The van der Waals surface area contributed by atoms with Gasteiger partial charge in [-0.1, -0.05) is 18.2 Å². The van der Waals surface area contributed by atoms with Gasteiger partial charge in [0.25, 0.3) is 0 Å². The molecule has 36 heavy (non-hydrogen) atoms. The van der Waals surface area contributed by atoms with Crippen LogP contribution in [-0.2, 0) is 0 Å². The Bertz CT molecular complexity index is 1650. The standard InChI is InChI=1S/C28H25N7O/c1-35(2)11-12-36-20-13-19(16-30-17-20)23-8-9-25-27(32-23)28(34-33-25)26-14-22-21(6-3-7-24(22)31-26)18-5-4-10-29-15-18/h3-10,13-17,31H,11-12H2,1-2H3,(H,33,34). The van der Waals surface area contributed by atoms with Crippen molar-refractivity contribution in [3.63, 3.8) is 0 Å². The van der Waals surface area contributed by atoms with Crippen molar-refractivity contribution in [2.24, 2.45) is 0 Å². The molecule has 8 heteroatoms. The molecule has 2 N–H and O–H groups in total. The molecule has 0 fully saturated rings. The van der Waals surface area contributed by atoms with Crippen molar-refractivity contribution in [1.82, 2.24) is 35.0 Å². The number of fused-ring (bicyclic) bond motifs is 2. The minimum absolute atomic E-state index is 0.595. The number of nitrogens with one attached hydrogen (secondary N) is 2. The summed E-state index contributed by atoms with van der Waals surface area (Å²) >= 11 is 0. The summed E-state index contributed by atoms with van der Waals surface area (Å²) in [6.45, 7) is 1.43. The number of H-pyrrole nitrogens is 2. The third-order valence-corrected chi connectivity index (χ3v) is 6.12. The molecule has 0 spiro atoms. The first-order chi connectivity index (χ1) is 17.7. The van der Waals surface area contributed by atoms with Crippen LogP contribution in [0.25, 0.3) is 55.7 Å². The van der Waals surface area contributed by atoms with Crippen molar-refractivity contribution in [2.45, 2.75) is 0 Å². The summed E-state index contributed by atoms with van der Waals surface area (Å²) in [6.07, 6.45) is 7.19. The van der Waals surface area contributed by atoms with Gasteiger partial charge < -0.3 is 14.6 Å². The Morgan fingerprint density at radius 1 is 0.889 bits per heavy atom. The van der Waals surface area contributed by atoms with Crippen LogP contribution in [0.1, 0.15) is 0 Å². The van der Waals surface area contributed by atoms with Gasteiger partial charge in [-0.2, -0.15) is 5.10 Å². The molecule has 5 heterocycles. The number of benzene rings is 1. The van der Waals surface area contributed by atoms with Crippen LogP contribution >= 0.6 is 0 Å². The summed E-state index contributed by atoms with van der Waals surface area (Å²) in [7, 11) is 4.04. The topological polar surface area (TPSA) is 95.6 Å². The minimum atomic E-state index is 0.595. The molecule has 0 radical (unpaired) electrons. The van der Waals surface area contributed by atoms with E-state index in [9.17, 15) is 0 Å². The molecule has 8 nitrogen and oxygen atoms in total. The highest BCUT2D eigenvalue weighted by Gasteiger charge is 2.15. The highest BCUT2D eigenvalue weighted by Crippen LogP contribution is 2.34. The number of ether oxygens (including phenoxy) is 1. The lowest BCUT2D eigenvalue weighted by Gasteiger charge is -2.11. The van der Waals surface area contributed by atoms with Crippen LogP contribution in [0.15, 0.2) is 79.4 Å². The first-order valence-electron chi connectivity index (χ1n) is 11.8. The molecule has 0 saturated carbocycles. The van der Waals surface area contributed by atoms with Gasteiger partial charge in [-0.25, -0.2) is 4.98 Å². The van der Waals surface area contributed by atoms with Gasteiger partial charge in [0.05, 0.1) is 23.1 Å². The van der Waals surface area contributed by atoms with Crippen molar-refractivity contribution >= 4 is 21.9 Å². The van der Waals surface area contributed by atoms with E-state index in [1.165, 1.54) is 0 Å². The fraction of sp³-hybridized carbons (Fsp3) is 0.143. The third kappa shape index (κ3) is 4.18. The van der Waals surface area contributed by atoms with E-state index in [0.29, 0.717) is 6.61 Å². The Kier molecular flexibility index (Phi) is 5.63. The summed E-state index contributed by atoms with van der Waals surface area (Å²) in [5.41, 5.74) is 8.25. The number of nitrogens with zero attached hydrogens (tertiary/aromatic N) is 5. The highest BCUT2D eigenvalue weighted by molar-refractivity contribution is 6.00. The summed E-state index contributed by atoms with van der Waals surface area (Å²) in [4.78, 5) is 19.2. The molecule has 178 valence electrons. The van der Waals surface area contributed by atoms with Crippen molar-refractivity contribution < 1.29 is 4.74 Å². The maximum Gasteiger partial charge on any atom is 0.138 e. The molecule has 0 unspecified atom stereocenters. The zero-order chi connectivity index (χ0) is 24.5. The Morgan fingerprint density at radius 2 is 1.81 bits per heavy atom. The van der Waals surface area contributed by atoms with Gasteiger partial charge in [0.15, 0.2) is 0 Å². The fourth-order valence-corrected chi connectivity index (χ4v) is 4.29. The lowest BCUT2D eigenvalue weighted by molar-refractivity contribution is 0.261. The van der Waals surface area contributed by atoms with Crippen LogP contribution in [0.4, 0.5) is 0 Å². The minimum Gasteiger partial charge on any atom is -0.491 e. The van der Waals surface area contributed by atoms with Crippen LogP contribution in [0.5, 0.6) is 5.75 Å². The quantitative estimate of drug-likeness (QED) is 0.331. The summed E-state index contributed by atoms with van der Waals surface area (Å²) in [5, 5.41) is 8.83. The predicted octanol–water partition coefficient (Wildman–Crippen LogP) is 5.17. The zero-order valence-corrected chi connectivity index (χ0v) is 20.1. The van der Waals surface area contributed by atoms with Crippen LogP contribution in [0.2, 0.25) is 0 Å². The number of pyridine rings is 3. The summed E-state index contributed by atoms with van der Waals surface area (Å²) < 4.78 is 5.87. The van der Waals surface area contributed by atoms with Crippen LogP contribution in [-0.4, -0.2) is 62.3 Å². The van der Waals surface area contributed by atoms with Gasteiger partial charge in [0, 0.05) is 47.2 Å². The third-order valence-electron chi connectivity index (χ3n) is 6.12.